The molecule has 0 radical (unpaired) electrons. The fourth-order valence-electron chi connectivity index (χ4n) is 0.887. The Hall–Kier alpha value is -1.46. The second-order valence-corrected chi connectivity index (χ2v) is 4.81. The van der Waals surface area contributed by atoms with Gasteiger partial charge in [-0.05, 0) is 6.92 Å². The maximum Gasteiger partial charge on any atom is 0.333 e. The monoisotopic (exact) mass is 360 g/mol. The molecule has 0 rings (SSSR count). The number of aliphatic carboxylic acids is 2. The van der Waals surface area contributed by atoms with E-state index in [4.69, 9.17) is 30.3 Å². The number of esters is 1. The molecule has 0 amide bonds. The maximum absolute atomic E-state index is 11.0. The number of carboxylic acids is 2. The van der Waals surface area contributed by atoms with Crippen molar-refractivity contribution in [1.82, 2.24) is 0 Å². The van der Waals surface area contributed by atoms with Crippen molar-refractivity contribution in [3.05, 3.63) is 24.3 Å². The number of rotatable bonds is 9. The SMILES string of the molecule is C=C(C)C(=O)OCC(CO)(CO)CO.C=C(CC(=O)O)C(=O)O.[MgH2]. The molecule has 10 heteroatoms. The van der Waals surface area contributed by atoms with Gasteiger partial charge >= 0.3 is 41.0 Å². The van der Waals surface area contributed by atoms with Crippen molar-refractivity contribution >= 4 is 41.0 Å². The Bertz CT molecular complexity index is 447. The first-order chi connectivity index (χ1) is 10.5. The average Bonchev–Trinajstić information content (AvgIpc) is 2.48. The lowest BCUT2D eigenvalue weighted by molar-refractivity contribution is -0.146. The summed E-state index contributed by atoms with van der Waals surface area (Å²) in [7, 11) is 0. The maximum atomic E-state index is 11.0. The van der Waals surface area contributed by atoms with Crippen LogP contribution in [0, 0.1) is 5.41 Å². The molecule has 0 spiro atoms. The fraction of sp³-hybridized carbons (Fsp3) is 0.500. The summed E-state index contributed by atoms with van der Waals surface area (Å²) in [6.07, 6.45) is -0.505. The summed E-state index contributed by atoms with van der Waals surface area (Å²) in [6, 6.07) is 0. The summed E-state index contributed by atoms with van der Waals surface area (Å²) in [5.41, 5.74) is -1.25. The largest absolute Gasteiger partial charge is 0.481 e. The number of aliphatic hydroxyl groups is 3. The number of hydrogen-bond donors (Lipinski definition) is 5. The minimum atomic E-state index is -1.27. The highest BCUT2D eigenvalue weighted by molar-refractivity contribution is 5.91. The van der Waals surface area contributed by atoms with E-state index >= 15 is 0 Å². The van der Waals surface area contributed by atoms with Gasteiger partial charge in [0.1, 0.15) is 6.61 Å². The Kier molecular flexibility index (Phi) is 15.9. The van der Waals surface area contributed by atoms with Crippen LogP contribution in [0.4, 0.5) is 0 Å². The molecule has 0 aliphatic carbocycles. The third-order valence-corrected chi connectivity index (χ3v) is 2.53. The molecule has 24 heavy (non-hydrogen) atoms. The molecule has 0 aromatic carbocycles. The van der Waals surface area contributed by atoms with Gasteiger partial charge in [-0.25, -0.2) is 9.59 Å². The van der Waals surface area contributed by atoms with Gasteiger partial charge in [-0.15, -0.1) is 0 Å². The smallest absolute Gasteiger partial charge is 0.333 e. The zero-order valence-corrected chi connectivity index (χ0v) is 12.8. The molecule has 0 aromatic heterocycles. The Morgan fingerprint density at radius 1 is 1.00 bits per heavy atom. The van der Waals surface area contributed by atoms with E-state index in [9.17, 15) is 14.4 Å². The van der Waals surface area contributed by atoms with Gasteiger partial charge in [-0.2, -0.15) is 0 Å². The number of carboxylic acid groups (broad SMARTS) is 2. The molecule has 0 aromatic rings. The van der Waals surface area contributed by atoms with Crippen molar-refractivity contribution in [2.45, 2.75) is 13.3 Å². The van der Waals surface area contributed by atoms with E-state index in [-0.39, 0.29) is 40.8 Å². The lowest BCUT2D eigenvalue weighted by atomic mass is 9.93. The number of carbonyl (C=O) groups is 3. The second kappa shape index (κ2) is 13.9. The van der Waals surface area contributed by atoms with Crippen LogP contribution in [0.5, 0.6) is 0 Å². The molecule has 9 nitrogen and oxygen atoms in total. The molecule has 5 N–H and O–H groups in total. The first-order valence-electron chi connectivity index (χ1n) is 6.33. The van der Waals surface area contributed by atoms with E-state index in [1.165, 1.54) is 6.92 Å². The number of hydrogen-bond acceptors (Lipinski definition) is 7. The van der Waals surface area contributed by atoms with Crippen LogP contribution >= 0.6 is 0 Å². The van der Waals surface area contributed by atoms with Gasteiger partial charge in [0.05, 0.1) is 31.7 Å². The van der Waals surface area contributed by atoms with Gasteiger partial charge in [0.2, 0.25) is 0 Å². The van der Waals surface area contributed by atoms with E-state index in [1.54, 1.807) is 0 Å². The molecule has 0 atom stereocenters. The first-order valence-corrected chi connectivity index (χ1v) is 6.33. The Balaban J connectivity index is -0.000000385. The first kappa shape index (κ1) is 27.4. The van der Waals surface area contributed by atoms with Crippen molar-refractivity contribution in [2.24, 2.45) is 5.41 Å². The molecule has 0 heterocycles. The van der Waals surface area contributed by atoms with E-state index in [1.807, 2.05) is 0 Å². The molecule has 0 saturated carbocycles. The molecule has 0 aliphatic rings. The van der Waals surface area contributed by atoms with Crippen LogP contribution in [0.2, 0.25) is 0 Å². The topological polar surface area (TPSA) is 162 Å². The third kappa shape index (κ3) is 12.0. The van der Waals surface area contributed by atoms with Crippen LogP contribution < -0.4 is 0 Å². The van der Waals surface area contributed by atoms with Crippen LogP contribution in [0.25, 0.3) is 0 Å². The Morgan fingerprint density at radius 2 is 1.42 bits per heavy atom. The number of carbonyl (C=O) groups excluding carboxylic acids is 1. The minimum absolute atomic E-state index is 0. The van der Waals surface area contributed by atoms with Crippen molar-refractivity contribution in [3.8, 4) is 0 Å². The molecular formula is C14H24MgO9. The molecular weight excluding hydrogens is 336 g/mol. The predicted octanol–water partition coefficient (Wildman–Crippen LogP) is -1.75. The molecule has 0 bridgehead atoms. The lowest BCUT2D eigenvalue weighted by Crippen LogP contribution is -2.39. The van der Waals surface area contributed by atoms with E-state index in [0.717, 1.165) is 0 Å². The zero-order valence-electron chi connectivity index (χ0n) is 12.8. The molecule has 0 fully saturated rings. The van der Waals surface area contributed by atoms with Crippen LogP contribution in [0.15, 0.2) is 24.3 Å². The second-order valence-electron chi connectivity index (χ2n) is 4.81. The number of aliphatic hydroxyl groups excluding tert-OH is 3. The summed E-state index contributed by atoms with van der Waals surface area (Å²) in [6.45, 7) is 6.27. The Morgan fingerprint density at radius 3 is 1.62 bits per heavy atom. The highest BCUT2D eigenvalue weighted by atomic mass is 24.3. The highest BCUT2D eigenvalue weighted by Crippen LogP contribution is 2.15. The molecule has 0 unspecified atom stereocenters. The van der Waals surface area contributed by atoms with E-state index in [2.05, 4.69) is 13.2 Å². The Labute approximate surface area is 155 Å². The number of ether oxygens (including phenoxy) is 1. The van der Waals surface area contributed by atoms with E-state index < -0.39 is 49.6 Å². The van der Waals surface area contributed by atoms with Crippen LogP contribution in [0.1, 0.15) is 13.3 Å². The van der Waals surface area contributed by atoms with Gasteiger partial charge in [0.15, 0.2) is 0 Å². The van der Waals surface area contributed by atoms with Gasteiger partial charge in [0, 0.05) is 11.1 Å². The summed E-state index contributed by atoms with van der Waals surface area (Å²) < 4.78 is 4.72. The fourth-order valence-corrected chi connectivity index (χ4v) is 0.887. The summed E-state index contributed by atoms with van der Waals surface area (Å²) in [5, 5.41) is 42.8. The summed E-state index contributed by atoms with van der Waals surface area (Å²) >= 11 is 0. The van der Waals surface area contributed by atoms with Crippen LogP contribution in [0.3, 0.4) is 0 Å². The standard InChI is InChI=1S/C9H16O5.C5H6O4.Mg.2H/c1-7(2)8(13)14-6-9(3-10,4-11)5-12;1-3(5(8)9)2-4(6)7;;;/h10-12H,1,3-6H2,2H3;1-2H2,(H,6,7)(H,8,9);;;. The zero-order chi connectivity index (χ0) is 18.6. The predicted molar refractivity (Wildman–Crippen MR) is 87.0 cm³/mol. The average molecular weight is 361 g/mol. The molecule has 0 saturated heterocycles. The summed E-state index contributed by atoms with van der Waals surface area (Å²) in [5.74, 6) is -3.05. The van der Waals surface area contributed by atoms with Gasteiger partial charge in [-0.1, -0.05) is 13.2 Å². The van der Waals surface area contributed by atoms with Crippen LogP contribution in [-0.2, 0) is 19.1 Å². The van der Waals surface area contributed by atoms with Gasteiger partial charge < -0.3 is 30.3 Å². The van der Waals surface area contributed by atoms with Crippen molar-refractivity contribution in [2.75, 3.05) is 26.4 Å². The van der Waals surface area contributed by atoms with Gasteiger partial charge in [-0.3, -0.25) is 4.79 Å². The normalized spacial score (nSPS) is 9.67. The molecule has 136 valence electrons. The molecule has 0 aliphatic heterocycles. The van der Waals surface area contributed by atoms with E-state index in [0.29, 0.717) is 0 Å². The van der Waals surface area contributed by atoms with Crippen LogP contribution in [-0.4, -0.2) is 92.9 Å². The van der Waals surface area contributed by atoms with Crippen molar-refractivity contribution in [3.63, 3.8) is 0 Å². The quantitative estimate of drug-likeness (QED) is 0.182. The van der Waals surface area contributed by atoms with Gasteiger partial charge in [0.25, 0.3) is 0 Å². The van der Waals surface area contributed by atoms with Crippen molar-refractivity contribution in [1.29, 1.82) is 0 Å². The minimum Gasteiger partial charge on any atom is -0.481 e. The highest BCUT2D eigenvalue weighted by Gasteiger charge is 2.30. The lowest BCUT2D eigenvalue weighted by Gasteiger charge is -2.26. The third-order valence-electron chi connectivity index (χ3n) is 2.53. The van der Waals surface area contributed by atoms with Crippen molar-refractivity contribution < 1.29 is 44.7 Å². The summed E-state index contributed by atoms with van der Waals surface area (Å²) in [4.78, 5) is 30.6.